The number of likely N-dealkylation sites (N-methyl/N-ethyl adjacent to an activating group) is 1. The highest BCUT2D eigenvalue weighted by atomic mass is 35.5. The maximum Gasteiger partial charge on any atom is 0.255 e. The number of nitrogens with zero attached hydrogens (tertiary/aromatic N) is 6. The molecule has 1 saturated heterocycles. The number of carbonyl (C=O) groups is 2. The fraction of sp³-hybridized carbons (Fsp3) is 0.355. The lowest BCUT2D eigenvalue weighted by Gasteiger charge is -2.35. The van der Waals surface area contributed by atoms with Gasteiger partial charge in [0, 0.05) is 78.4 Å². The molecule has 1 fully saturated rings. The molecule has 3 aliphatic heterocycles. The number of carbonyl (C=O) groups excluding carboxylic acids is 2. The summed E-state index contributed by atoms with van der Waals surface area (Å²) in [5.41, 5.74) is 5.95. The summed E-state index contributed by atoms with van der Waals surface area (Å²) >= 11 is 8.17. The molecule has 0 spiro atoms. The SMILES string of the molecule is CCN1CCN(c2ccc(-c3cc(Cl)c4c(c3)C(=O)N(C(C(=O)Nc3nccs3)c3ncn5c3CCC5)C4)cc2)CC1. The Hall–Kier alpha value is -3.73. The minimum Gasteiger partial charge on any atom is -0.369 e. The molecular formula is C31H32ClN7O2S. The number of thiazole rings is 1. The monoisotopic (exact) mass is 601 g/mol. The van der Waals surface area contributed by atoms with Crippen LogP contribution in [0, 0.1) is 0 Å². The summed E-state index contributed by atoms with van der Waals surface area (Å²) in [5.74, 6) is -0.551. The Bertz CT molecular complexity index is 1630. The van der Waals surface area contributed by atoms with Crippen molar-refractivity contribution < 1.29 is 9.59 Å². The van der Waals surface area contributed by atoms with Gasteiger partial charge in [0.25, 0.3) is 11.8 Å². The van der Waals surface area contributed by atoms with E-state index >= 15 is 0 Å². The van der Waals surface area contributed by atoms with Crippen molar-refractivity contribution in [3.63, 3.8) is 0 Å². The van der Waals surface area contributed by atoms with Crippen molar-refractivity contribution >= 4 is 45.6 Å². The molecule has 7 rings (SSSR count). The average molecular weight is 602 g/mol. The number of aryl methyl sites for hydroxylation is 1. The van der Waals surface area contributed by atoms with E-state index in [0.717, 1.165) is 74.5 Å². The zero-order valence-electron chi connectivity index (χ0n) is 23.4. The van der Waals surface area contributed by atoms with Crippen LogP contribution in [0.25, 0.3) is 11.1 Å². The minimum absolute atomic E-state index is 0.224. The van der Waals surface area contributed by atoms with Gasteiger partial charge in [0.15, 0.2) is 11.2 Å². The lowest BCUT2D eigenvalue weighted by molar-refractivity contribution is -0.121. The Morgan fingerprint density at radius 2 is 1.88 bits per heavy atom. The van der Waals surface area contributed by atoms with Crippen molar-refractivity contribution in [2.75, 3.05) is 42.9 Å². The maximum absolute atomic E-state index is 14.0. The van der Waals surface area contributed by atoms with E-state index in [1.807, 2.05) is 12.1 Å². The van der Waals surface area contributed by atoms with E-state index in [-0.39, 0.29) is 18.4 Å². The van der Waals surface area contributed by atoms with Crippen molar-refractivity contribution in [1.82, 2.24) is 24.3 Å². The topological polar surface area (TPSA) is 86.6 Å². The van der Waals surface area contributed by atoms with Crippen molar-refractivity contribution in [3.8, 4) is 11.1 Å². The van der Waals surface area contributed by atoms with Crippen molar-refractivity contribution in [3.05, 3.63) is 81.8 Å². The number of benzene rings is 2. The second-order valence-electron chi connectivity index (χ2n) is 11.0. The molecule has 0 bridgehead atoms. The van der Waals surface area contributed by atoms with E-state index in [2.05, 4.69) is 60.8 Å². The predicted octanol–water partition coefficient (Wildman–Crippen LogP) is 5.08. The smallest absolute Gasteiger partial charge is 0.255 e. The van der Waals surface area contributed by atoms with Gasteiger partial charge >= 0.3 is 0 Å². The first-order valence-corrected chi connectivity index (χ1v) is 15.7. The van der Waals surface area contributed by atoms with Gasteiger partial charge in [-0.25, -0.2) is 9.97 Å². The molecule has 3 aliphatic rings. The van der Waals surface area contributed by atoms with Crippen molar-refractivity contribution in [1.29, 1.82) is 0 Å². The first-order valence-electron chi connectivity index (χ1n) is 14.5. The lowest BCUT2D eigenvalue weighted by atomic mass is 10.00. The number of hydrogen-bond donors (Lipinski definition) is 1. The number of aromatic nitrogens is 3. The molecule has 0 saturated carbocycles. The average Bonchev–Trinajstić information content (AvgIpc) is 3.82. The van der Waals surface area contributed by atoms with E-state index in [1.54, 1.807) is 22.8 Å². The van der Waals surface area contributed by atoms with E-state index in [0.29, 0.717) is 21.4 Å². The number of piperazine rings is 1. The number of fused-ring (bicyclic) bond motifs is 2. The molecule has 1 atom stereocenters. The number of hydrogen-bond acceptors (Lipinski definition) is 7. The third-order valence-electron chi connectivity index (χ3n) is 8.67. The Kier molecular flexibility index (Phi) is 7.21. The molecular weight excluding hydrogens is 570 g/mol. The van der Waals surface area contributed by atoms with Gasteiger partial charge in [-0.05, 0) is 54.8 Å². The maximum atomic E-state index is 14.0. The molecule has 1 N–H and O–H groups in total. The van der Waals surface area contributed by atoms with Crippen LogP contribution in [0.1, 0.15) is 46.7 Å². The van der Waals surface area contributed by atoms with Crippen LogP contribution < -0.4 is 10.2 Å². The van der Waals surface area contributed by atoms with E-state index in [9.17, 15) is 9.59 Å². The van der Waals surface area contributed by atoms with Crippen LogP contribution in [0.4, 0.5) is 10.8 Å². The van der Waals surface area contributed by atoms with Crippen LogP contribution in [0.2, 0.25) is 5.02 Å². The number of amides is 2. The normalized spacial score (nSPS) is 17.4. The molecule has 2 aromatic carbocycles. The van der Waals surface area contributed by atoms with Crippen molar-refractivity contribution in [2.45, 2.75) is 38.9 Å². The zero-order valence-corrected chi connectivity index (χ0v) is 25.0. The second kappa shape index (κ2) is 11.2. The van der Waals surface area contributed by atoms with Gasteiger partial charge in [-0.2, -0.15) is 0 Å². The Morgan fingerprint density at radius 1 is 1.07 bits per heavy atom. The molecule has 11 heteroatoms. The highest BCUT2D eigenvalue weighted by Gasteiger charge is 2.41. The number of nitrogens with one attached hydrogen (secondary N) is 1. The largest absolute Gasteiger partial charge is 0.369 e. The predicted molar refractivity (Wildman–Crippen MR) is 165 cm³/mol. The summed E-state index contributed by atoms with van der Waals surface area (Å²) in [7, 11) is 0. The first-order chi connectivity index (χ1) is 20.5. The van der Waals surface area contributed by atoms with Gasteiger partial charge in [0.2, 0.25) is 0 Å². The molecule has 42 heavy (non-hydrogen) atoms. The van der Waals surface area contributed by atoms with Crippen LogP contribution >= 0.6 is 22.9 Å². The Morgan fingerprint density at radius 3 is 2.62 bits per heavy atom. The molecule has 2 amide bonds. The molecule has 5 heterocycles. The van der Waals surface area contributed by atoms with Gasteiger partial charge in [-0.15, -0.1) is 11.3 Å². The third-order valence-corrected chi connectivity index (χ3v) is 9.70. The summed E-state index contributed by atoms with van der Waals surface area (Å²) < 4.78 is 2.07. The van der Waals surface area contributed by atoms with Crippen molar-refractivity contribution in [2.24, 2.45) is 0 Å². The molecule has 0 aliphatic carbocycles. The summed E-state index contributed by atoms with van der Waals surface area (Å²) in [6.45, 7) is 8.56. The zero-order chi connectivity index (χ0) is 28.8. The van der Waals surface area contributed by atoms with Crippen LogP contribution in [-0.4, -0.2) is 68.9 Å². The fourth-order valence-corrected chi connectivity index (χ4v) is 7.16. The standard InChI is InChI=1S/C31H32ClN7O2S/c1-2-36-11-13-37(14-12-36)22-7-5-20(6-8-22)21-16-23-24(25(32)17-21)18-39(30(23)41)28(29(40)35-31-33-9-15-42-31)27-26-4-3-10-38(26)19-34-27/h5-9,15-17,19,28H,2-4,10-14,18H2,1H3,(H,33,35,40). The molecule has 216 valence electrons. The summed E-state index contributed by atoms with van der Waals surface area (Å²) in [6.07, 6.45) is 5.22. The van der Waals surface area contributed by atoms with Gasteiger partial charge in [-0.1, -0.05) is 30.7 Å². The number of rotatable bonds is 7. The van der Waals surface area contributed by atoms with Crippen LogP contribution in [0.3, 0.4) is 0 Å². The molecule has 9 nitrogen and oxygen atoms in total. The summed E-state index contributed by atoms with van der Waals surface area (Å²) in [6, 6.07) is 11.4. The molecule has 4 aromatic rings. The minimum atomic E-state index is -0.893. The quantitative estimate of drug-likeness (QED) is 0.318. The third kappa shape index (κ3) is 4.87. The molecule has 2 aromatic heterocycles. The van der Waals surface area contributed by atoms with Gasteiger partial charge in [0.05, 0.1) is 12.0 Å². The first kappa shape index (κ1) is 27.1. The van der Waals surface area contributed by atoms with Gasteiger partial charge < -0.3 is 19.3 Å². The Labute approximate surface area is 253 Å². The number of halogens is 1. The second-order valence-corrected chi connectivity index (χ2v) is 12.3. The Balaban J connectivity index is 1.17. The van der Waals surface area contributed by atoms with E-state index < -0.39 is 6.04 Å². The van der Waals surface area contributed by atoms with E-state index in [4.69, 9.17) is 11.6 Å². The fourth-order valence-electron chi connectivity index (χ4n) is 6.35. The highest BCUT2D eigenvalue weighted by Crippen LogP contribution is 2.40. The lowest BCUT2D eigenvalue weighted by Crippen LogP contribution is -2.46. The van der Waals surface area contributed by atoms with Gasteiger partial charge in [-0.3, -0.25) is 14.9 Å². The van der Waals surface area contributed by atoms with E-state index in [1.165, 1.54) is 17.0 Å². The summed E-state index contributed by atoms with van der Waals surface area (Å²) in [5, 5.41) is 5.71. The molecule has 1 unspecified atom stereocenters. The highest BCUT2D eigenvalue weighted by molar-refractivity contribution is 7.13. The summed E-state index contributed by atoms with van der Waals surface area (Å²) in [4.78, 5) is 43.1. The number of anilines is 2. The molecule has 0 radical (unpaired) electrons. The van der Waals surface area contributed by atoms with Gasteiger partial charge in [0.1, 0.15) is 0 Å². The number of imidazole rings is 1. The van der Waals surface area contributed by atoms with Crippen LogP contribution in [0.15, 0.2) is 54.3 Å². The van der Waals surface area contributed by atoms with Crippen LogP contribution in [0.5, 0.6) is 0 Å². The van der Waals surface area contributed by atoms with Crippen LogP contribution in [-0.2, 0) is 24.3 Å².